The van der Waals surface area contributed by atoms with Crippen LogP contribution in [0.3, 0.4) is 0 Å². The standard InChI is InChI=1S/C15H20BrFN4.HI/c1-12(16)11-19-15(18-2)21-9-7-20(8-10-21)14-5-3-13(17)4-6-14;/h3-6H,1,7-11H2,2H3,(H,18,19);1H. The maximum absolute atomic E-state index is 13.0. The molecule has 1 fully saturated rings. The minimum Gasteiger partial charge on any atom is -0.368 e. The maximum Gasteiger partial charge on any atom is 0.194 e. The Morgan fingerprint density at radius 3 is 2.36 bits per heavy atom. The van der Waals surface area contributed by atoms with Crippen molar-refractivity contribution in [3.8, 4) is 0 Å². The van der Waals surface area contributed by atoms with Crippen molar-refractivity contribution < 1.29 is 4.39 Å². The Labute approximate surface area is 156 Å². The molecule has 1 aliphatic rings. The van der Waals surface area contributed by atoms with Crippen molar-refractivity contribution in [3.05, 3.63) is 41.1 Å². The van der Waals surface area contributed by atoms with Gasteiger partial charge in [-0.25, -0.2) is 4.39 Å². The van der Waals surface area contributed by atoms with Gasteiger partial charge in [-0.2, -0.15) is 0 Å². The van der Waals surface area contributed by atoms with Crippen LogP contribution in [-0.4, -0.2) is 50.6 Å². The highest BCUT2D eigenvalue weighted by Gasteiger charge is 2.19. The monoisotopic (exact) mass is 482 g/mol. The lowest BCUT2D eigenvalue weighted by Gasteiger charge is -2.37. The first-order valence-corrected chi connectivity index (χ1v) is 7.69. The van der Waals surface area contributed by atoms with E-state index < -0.39 is 0 Å². The molecule has 22 heavy (non-hydrogen) atoms. The maximum atomic E-state index is 13.0. The second-order valence-electron chi connectivity index (χ2n) is 4.87. The Bertz CT molecular complexity index is 513. The van der Waals surface area contributed by atoms with E-state index in [-0.39, 0.29) is 29.8 Å². The highest BCUT2D eigenvalue weighted by Crippen LogP contribution is 2.16. The first-order chi connectivity index (χ1) is 10.1. The molecule has 0 saturated carbocycles. The van der Waals surface area contributed by atoms with Crippen LogP contribution < -0.4 is 10.2 Å². The van der Waals surface area contributed by atoms with E-state index in [1.807, 2.05) is 12.1 Å². The third kappa shape index (κ3) is 5.42. The smallest absolute Gasteiger partial charge is 0.194 e. The fraction of sp³-hybridized carbons (Fsp3) is 0.400. The largest absolute Gasteiger partial charge is 0.368 e. The lowest BCUT2D eigenvalue weighted by molar-refractivity contribution is 0.374. The second kappa shape index (κ2) is 9.34. The number of nitrogens with zero attached hydrogens (tertiary/aromatic N) is 3. The van der Waals surface area contributed by atoms with Crippen molar-refractivity contribution >= 4 is 51.6 Å². The fourth-order valence-electron chi connectivity index (χ4n) is 2.34. The van der Waals surface area contributed by atoms with Crippen LogP contribution in [0.15, 0.2) is 40.3 Å². The molecule has 4 nitrogen and oxygen atoms in total. The van der Waals surface area contributed by atoms with Gasteiger partial charge in [0.25, 0.3) is 0 Å². The van der Waals surface area contributed by atoms with Crippen LogP contribution in [0.4, 0.5) is 10.1 Å². The minimum absolute atomic E-state index is 0. The van der Waals surface area contributed by atoms with Gasteiger partial charge in [0, 0.05) is 49.9 Å². The van der Waals surface area contributed by atoms with Crippen LogP contribution >= 0.6 is 39.9 Å². The Hall–Kier alpha value is -0.830. The molecule has 0 amide bonds. The molecule has 0 aromatic heterocycles. The Kier molecular flexibility index (Phi) is 8.16. The number of hydrogen-bond donors (Lipinski definition) is 1. The van der Waals surface area contributed by atoms with Crippen molar-refractivity contribution in [1.82, 2.24) is 10.2 Å². The summed E-state index contributed by atoms with van der Waals surface area (Å²) in [6.07, 6.45) is 0. The Morgan fingerprint density at radius 1 is 1.27 bits per heavy atom. The molecular formula is C15H21BrFIN4. The first kappa shape index (κ1) is 19.2. The molecule has 1 aromatic carbocycles. The van der Waals surface area contributed by atoms with E-state index in [1.165, 1.54) is 12.1 Å². The molecule has 0 unspecified atom stereocenters. The Morgan fingerprint density at radius 2 is 1.86 bits per heavy atom. The third-order valence-corrected chi connectivity index (χ3v) is 3.70. The van der Waals surface area contributed by atoms with Crippen molar-refractivity contribution in [2.75, 3.05) is 44.7 Å². The molecule has 1 N–H and O–H groups in total. The van der Waals surface area contributed by atoms with Gasteiger partial charge in [-0.05, 0) is 24.3 Å². The van der Waals surface area contributed by atoms with Gasteiger partial charge in [0.15, 0.2) is 5.96 Å². The number of anilines is 1. The predicted octanol–water partition coefficient (Wildman–Crippen LogP) is 3.05. The average Bonchev–Trinajstić information content (AvgIpc) is 2.49. The molecule has 2 rings (SSSR count). The second-order valence-corrected chi connectivity index (χ2v) is 5.99. The van der Waals surface area contributed by atoms with Crippen LogP contribution in [0, 0.1) is 5.82 Å². The summed E-state index contributed by atoms with van der Waals surface area (Å²) in [5.74, 6) is 0.686. The summed E-state index contributed by atoms with van der Waals surface area (Å²) in [5.41, 5.74) is 1.06. The highest BCUT2D eigenvalue weighted by atomic mass is 127. The molecule has 0 radical (unpaired) electrons. The van der Waals surface area contributed by atoms with Crippen LogP contribution in [0.1, 0.15) is 0 Å². The quantitative estimate of drug-likeness (QED) is 0.408. The number of guanidine groups is 1. The summed E-state index contributed by atoms with van der Waals surface area (Å²) < 4.78 is 13.9. The van der Waals surface area contributed by atoms with Crippen molar-refractivity contribution in [2.45, 2.75) is 0 Å². The Balaban J connectivity index is 0.00000242. The molecule has 0 bridgehead atoms. The SMILES string of the molecule is C=C(Br)CNC(=NC)N1CCN(c2ccc(F)cc2)CC1.I. The summed E-state index contributed by atoms with van der Waals surface area (Å²) in [6.45, 7) is 8.01. The molecule has 0 aliphatic carbocycles. The molecule has 1 aromatic rings. The minimum atomic E-state index is -0.197. The average molecular weight is 483 g/mol. The number of aliphatic imine (C=N–C) groups is 1. The summed E-state index contributed by atoms with van der Waals surface area (Å²) >= 11 is 3.33. The van der Waals surface area contributed by atoms with Crippen LogP contribution in [0.25, 0.3) is 0 Å². The van der Waals surface area contributed by atoms with E-state index in [0.717, 1.165) is 42.3 Å². The molecule has 1 heterocycles. The summed E-state index contributed by atoms with van der Waals surface area (Å²) in [7, 11) is 1.78. The van der Waals surface area contributed by atoms with E-state index >= 15 is 0 Å². The summed E-state index contributed by atoms with van der Waals surface area (Å²) in [6, 6.07) is 6.66. The molecule has 0 atom stereocenters. The summed E-state index contributed by atoms with van der Waals surface area (Å²) in [4.78, 5) is 8.77. The number of rotatable bonds is 3. The van der Waals surface area contributed by atoms with Gasteiger partial charge in [-0.1, -0.05) is 22.5 Å². The van der Waals surface area contributed by atoms with E-state index in [2.05, 4.69) is 42.6 Å². The normalized spacial score (nSPS) is 15.3. The van der Waals surface area contributed by atoms with Crippen molar-refractivity contribution in [1.29, 1.82) is 0 Å². The zero-order chi connectivity index (χ0) is 15.2. The van der Waals surface area contributed by atoms with Gasteiger partial charge in [0.2, 0.25) is 0 Å². The van der Waals surface area contributed by atoms with Crippen molar-refractivity contribution in [3.63, 3.8) is 0 Å². The van der Waals surface area contributed by atoms with E-state index in [1.54, 1.807) is 7.05 Å². The van der Waals surface area contributed by atoms with Crippen molar-refractivity contribution in [2.24, 2.45) is 4.99 Å². The summed E-state index contributed by atoms with van der Waals surface area (Å²) in [5, 5.41) is 3.26. The lowest BCUT2D eigenvalue weighted by Crippen LogP contribution is -2.52. The van der Waals surface area contributed by atoms with E-state index in [4.69, 9.17) is 0 Å². The molecule has 7 heteroatoms. The lowest BCUT2D eigenvalue weighted by atomic mass is 10.2. The zero-order valence-corrected chi connectivity index (χ0v) is 16.5. The molecule has 1 saturated heterocycles. The molecule has 122 valence electrons. The highest BCUT2D eigenvalue weighted by molar-refractivity contribution is 14.0. The van der Waals surface area contributed by atoms with E-state index in [9.17, 15) is 4.39 Å². The molecule has 1 aliphatic heterocycles. The van der Waals surface area contributed by atoms with Gasteiger partial charge in [0.05, 0.1) is 0 Å². The number of hydrogen-bond acceptors (Lipinski definition) is 2. The number of benzene rings is 1. The molecular weight excluding hydrogens is 462 g/mol. The van der Waals surface area contributed by atoms with Gasteiger partial charge >= 0.3 is 0 Å². The predicted molar refractivity (Wildman–Crippen MR) is 105 cm³/mol. The van der Waals surface area contributed by atoms with Gasteiger partial charge in [-0.3, -0.25) is 4.99 Å². The van der Waals surface area contributed by atoms with Crippen LogP contribution in [0.5, 0.6) is 0 Å². The first-order valence-electron chi connectivity index (χ1n) is 6.89. The van der Waals surface area contributed by atoms with E-state index in [0.29, 0.717) is 6.54 Å². The molecule has 0 spiro atoms. The zero-order valence-electron chi connectivity index (χ0n) is 12.6. The topological polar surface area (TPSA) is 30.9 Å². The van der Waals surface area contributed by atoms with Crippen LogP contribution in [0.2, 0.25) is 0 Å². The van der Waals surface area contributed by atoms with Gasteiger partial charge < -0.3 is 15.1 Å². The van der Waals surface area contributed by atoms with Gasteiger partial charge in [0.1, 0.15) is 5.82 Å². The van der Waals surface area contributed by atoms with Gasteiger partial charge in [-0.15, -0.1) is 24.0 Å². The number of nitrogens with one attached hydrogen (secondary N) is 1. The number of halogens is 3. The number of piperazine rings is 1. The fourth-order valence-corrected chi connectivity index (χ4v) is 2.48. The van der Waals surface area contributed by atoms with Crippen LogP contribution in [-0.2, 0) is 0 Å². The third-order valence-electron chi connectivity index (χ3n) is 3.42.